The molecule has 0 spiro atoms. The van der Waals surface area contributed by atoms with Crippen LogP contribution in [0.4, 0.5) is 0 Å². The lowest BCUT2D eigenvalue weighted by atomic mass is 9.96. The maximum atomic E-state index is 3.78. The third kappa shape index (κ3) is 4.31. The lowest BCUT2D eigenvalue weighted by Gasteiger charge is -2.41. The number of rotatable bonds is 6. The molecule has 3 rings (SSSR count). The topological polar surface area (TPSA) is 15.3 Å². The Bertz CT molecular complexity index is 424. The first-order valence-electron chi connectivity index (χ1n) is 8.74. The van der Waals surface area contributed by atoms with Crippen molar-refractivity contribution in [3.63, 3.8) is 0 Å². The highest BCUT2D eigenvalue weighted by Gasteiger charge is 2.30. The van der Waals surface area contributed by atoms with Gasteiger partial charge in [-0.05, 0) is 36.8 Å². The number of hydrogen-bond acceptors (Lipinski definition) is 2. The first-order chi connectivity index (χ1) is 10.2. The van der Waals surface area contributed by atoms with E-state index >= 15 is 0 Å². The maximum Gasteiger partial charge on any atom is 0.0449 e. The molecule has 0 aromatic heterocycles. The summed E-state index contributed by atoms with van der Waals surface area (Å²) in [5.41, 5.74) is 1.44. The lowest BCUT2D eigenvalue weighted by Crippen LogP contribution is -2.53. The fraction of sp³-hybridized carbons (Fsp3) is 0.684. The molecule has 1 aromatic rings. The Kier molecular flexibility index (Phi) is 4.97. The van der Waals surface area contributed by atoms with Crippen LogP contribution in [0.15, 0.2) is 30.3 Å². The summed E-state index contributed by atoms with van der Waals surface area (Å²) in [4.78, 5) is 2.77. The molecular weight excluding hydrogens is 256 g/mol. The van der Waals surface area contributed by atoms with E-state index in [0.717, 1.165) is 24.4 Å². The van der Waals surface area contributed by atoms with Crippen molar-refractivity contribution >= 4 is 0 Å². The van der Waals surface area contributed by atoms with E-state index in [1.165, 1.54) is 44.3 Å². The maximum absolute atomic E-state index is 3.78. The molecule has 1 aliphatic carbocycles. The van der Waals surface area contributed by atoms with Crippen LogP contribution in [0.25, 0.3) is 0 Å². The minimum absolute atomic E-state index is 0.508. The molecule has 0 radical (unpaired) electrons. The molecule has 2 unspecified atom stereocenters. The molecule has 2 aliphatic rings. The van der Waals surface area contributed by atoms with E-state index in [0.29, 0.717) is 6.04 Å². The zero-order valence-electron chi connectivity index (χ0n) is 13.6. The van der Waals surface area contributed by atoms with E-state index in [4.69, 9.17) is 0 Å². The number of piperazine rings is 1. The second kappa shape index (κ2) is 6.93. The summed E-state index contributed by atoms with van der Waals surface area (Å²) in [6.45, 7) is 8.31. The summed E-state index contributed by atoms with van der Waals surface area (Å²) in [6.07, 6.45) is 5.68. The van der Waals surface area contributed by atoms with Crippen LogP contribution in [0.2, 0.25) is 0 Å². The molecule has 1 heterocycles. The van der Waals surface area contributed by atoms with Crippen molar-refractivity contribution in [2.45, 2.75) is 51.6 Å². The Morgan fingerprint density at radius 1 is 1.19 bits per heavy atom. The number of benzene rings is 1. The molecule has 116 valence electrons. The predicted molar refractivity (Wildman–Crippen MR) is 89.3 cm³/mol. The highest BCUT2D eigenvalue weighted by Crippen LogP contribution is 2.33. The highest BCUT2D eigenvalue weighted by atomic mass is 15.2. The first-order valence-corrected chi connectivity index (χ1v) is 8.74. The number of nitrogens with zero attached hydrogens (tertiary/aromatic N) is 1. The van der Waals surface area contributed by atoms with Gasteiger partial charge in [-0.15, -0.1) is 0 Å². The van der Waals surface area contributed by atoms with Gasteiger partial charge in [-0.3, -0.25) is 4.90 Å². The summed E-state index contributed by atoms with van der Waals surface area (Å²) in [6, 6.07) is 12.2. The van der Waals surface area contributed by atoms with Crippen molar-refractivity contribution in [1.29, 1.82) is 0 Å². The van der Waals surface area contributed by atoms with E-state index in [1.54, 1.807) is 0 Å². The van der Waals surface area contributed by atoms with Gasteiger partial charge in [-0.1, -0.05) is 57.0 Å². The predicted octanol–water partition coefficient (Wildman–Crippen LogP) is 3.85. The van der Waals surface area contributed by atoms with E-state index in [-0.39, 0.29) is 0 Å². The summed E-state index contributed by atoms with van der Waals surface area (Å²) < 4.78 is 0. The van der Waals surface area contributed by atoms with Crippen LogP contribution in [0.1, 0.15) is 51.1 Å². The standard InChI is InChI=1S/C19H30N2/c1-15(2)12-18-13-20-19(17-6-4-3-5-7-17)14-21(18)11-10-16-8-9-16/h3-7,15-16,18-20H,8-14H2,1-2H3. The van der Waals surface area contributed by atoms with Crippen LogP contribution in [-0.4, -0.2) is 30.6 Å². The van der Waals surface area contributed by atoms with Gasteiger partial charge in [-0.25, -0.2) is 0 Å². The van der Waals surface area contributed by atoms with Crippen LogP contribution < -0.4 is 5.32 Å². The Morgan fingerprint density at radius 3 is 2.62 bits per heavy atom. The molecule has 2 fully saturated rings. The Labute approximate surface area is 129 Å². The van der Waals surface area contributed by atoms with Gasteiger partial charge in [-0.2, -0.15) is 0 Å². The van der Waals surface area contributed by atoms with Gasteiger partial charge in [0.25, 0.3) is 0 Å². The van der Waals surface area contributed by atoms with Crippen LogP contribution in [0.5, 0.6) is 0 Å². The quantitative estimate of drug-likeness (QED) is 0.854. The van der Waals surface area contributed by atoms with Crippen LogP contribution in [-0.2, 0) is 0 Å². The van der Waals surface area contributed by atoms with Crippen LogP contribution in [0, 0.1) is 11.8 Å². The molecule has 1 saturated carbocycles. The van der Waals surface area contributed by atoms with Crippen molar-refractivity contribution in [3.05, 3.63) is 35.9 Å². The van der Waals surface area contributed by atoms with Crippen LogP contribution in [0.3, 0.4) is 0 Å². The average Bonchev–Trinajstić information content (AvgIpc) is 3.31. The van der Waals surface area contributed by atoms with Gasteiger partial charge in [0.15, 0.2) is 0 Å². The number of hydrogen-bond donors (Lipinski definition) is 1. The second-order valence-corrected chi connectivity index (χ2v) is 7.38. The van der Waals surface area contributed by atoms with Gasteiger partial charge in [0.05, 0.1) is 0 Å². The summed E-state index contributed by atoms with van der Waals surface area (Å²) >= 11 is 0. The minimum Gasteiger partial charge on any atom is -0.307 e. The summed E-state index contributed by atoms with van der Waals surface area (Å²) in [7, 11) is 0. The Hall–Kier alpha value is -0.860. The van der Waals surface area contributed by atoms with E-state index < -0.39 is 0 Å². The fourth-order valence-corrected chi connectivity index (χ4v) is 3.57. The molecule has 2 heteroatoms. The van der Waals surface area contributed by atoms with E-state index in [1.807, 2.05) is 0 Å². The zero-order valence-corrected chi connectivity index (χ0v) is 13.6. The summed E-state index contributed by atoms with van der Waals surface area (Å²) in [5, 5.41) is 3.78. The molecule has 1 aliphatic heterocycles. The van der Waals surface area contributed by atoms with Crippen molar-refractivity contribution in [3.8, 4) is 0 Å². The van der Waals surface area contributed by atoms with Crippen molar-refractivity contribution in [2.24, 2.45) is 11.8 Å². The molecule has 0 amide bonds. The normalized spacial score (nSPS) is 27.2. The van der Waals surface area contributed by atoms with Crippen molar-refractivity contribution in [1.82, 2.24) is 10.2 Å². The van der Waals surface area contributed by atoms with Gasteiger partial charge in [0, 0.05) is 25.2 Å². The van der Waals surface area contributed by atoms with Gasteiger partial charge < -0.3 is 5.32 Å². The molecule has 21 heavy (non-hydrogen) atoms. The molecule has 1 saturated heterocycles. The molecular formula is C19H30N2. The average molecular weight is 286 g/mol. The largest absolute Gasteiger partial charge is 0.307 e. The zero-order chi connectivity index (χ0) is 14.7. The molecule has 1 N–H and O–H groups in total. The van der Waals surface area contributed by atoms with Crippen LogP contribution >= 0.6 is 0 Å². The highest BCUT2D eigenvalue weighted by molar-refractivity contribution is 5.20. The number of nitrogens with one attached hydrogen (secondary N) is 1. The van der Waals surface area contributed by atoms with Gasteiger partial charge >= 0.3 is 0 Å². The minimum atomic E-state index is 0.508. The first kappa shape index (κ1) is 15.1. The Balaban J connectivity index is 1.63. The third-order valence-electron chi connectivity index (χ3n) is 5.00. The molecule has 2 nitrogen and oxygen atoms in total. The second-order valence-electron chi connectivity index (χ2n) is 7.38. The van der Waals surface area contributed by atoms with E-state index in [2.05, 4.69) is 54.4 Å². The lowest BCUT2D eigenvalue weighted by molar-refractivity contribution is 0.111. The van der Waals surface area contributed by atoms with Gasteiger partial charge in [0.2, 0.25) is 0 Å². The molecule has 2 atom stereocenters. The van der Waals surface area contributed by atoms with Crippen molar-refractivity contribution < 1.29 is 0 Å². The smallest absolute Gasteiger partial charge is 0.0449 e. The SMILES string of the molecule is CC(C)CC1CNC(c2ccccc2)CN1CCC1CC1. The molecule has 1 aromatic carbocycles. The van der Waals surface area contributed by atoms with Crippen molar-refractivity contribution in [2.75, 3.05) is 19.6 Å². The molecule has 0 bridgehead atoms. The van der Waals surface area contributed by atoms with Gasteiger partial charge in [0.1, 0.15) is 0 Å². The third-order valence-corrected chi connectivity index (χ3v) is 5.00. The Morgan fingerprint density at radius 2 is 1.95 bits per heavy atom. The summed E-state index contributed by atoms with van der Waals surface area (Å²) in [5.74, 6) is 1.82. The van der Waals surface area contributed by atoms with E-state index in [9.17, 15) is 0 Å². The monoisotopic (exact) mass is 286 g/mol. The fourth-order valence-electron chi connectivity index (χ4n) is 3.57.